The number of halogens is 1. The molecule has 0 radical (unpaired) electrons. The minimum Gasteiger partial charge on any atom is -0.381 e. The number of piperidine rings is 1. The van der Waals surface area contributed by atoms with Crippen LogP contribution in [0.2, 0.25) is 0 Å². The van der Waals surface area contributed by atoms with E-state index in [9.17, 15) is 0 Å². The van der Waals surface area contributed by atoms with Gasteiger partial charge in [0.05, 0.1) is 18.8 Å². The van der Waals surface area contributed by atoms with Gasteiger partial charge in [-0.25, -0.2) is 0 Å². The highest BCUT2D eigenvalue weighted by molar-refractivity contribution is 9.09. The van der Waals surface area contributed by atoms with Crippen molar-refractivity contribution in [1.82, 2.24) is 4.90 Å². The van der Waals surface area contributed by atoms with Crippen LogP contribution in [0.5, 0.6) is 0 Å². The van der Waals surface area contributed by atoms with Crippen LogP contribution in [-0.4, -0.2) is 55.3 Å². The second-order valence-electron chi connectivity index (χ2n) is 5.47. The molecule has 2 atom stereocenters. The smallest absolute Gasteiger partial charge is 0.0599 e. The van der Waals surface area contributed by atoms with Crippen molar-refractivity contribution in [3.8, 4) is 0 Å². The molecule has 1 saturated heterocycles. The van der Waals surface area contributed by atoms with Gasteiger partial charge < -0.3 is 14.4 Å². The van der Waals surface area contributed by atoms with Gasteiger partial charge in [-0.05, 0) is 38.5 Å². The van der Waals surface area contributed by atoms with Gasteiger partial charge in [-0.15, -0.1) is 0 Å². The molecule has 0 aromatic heterocycles. The monoisotopic (exact) mass is 319 g/mol. The summed E-state index contributed by atoms with van der Waals surface area (Å²) in [6.07, 6.45) is 8.52. The van der Waals surface area contributed by atoms with Crippen molar-refractivity contribution < 1.29 is 9.47 Å². The zero-order valence-corrected chi connectivity index (χ0v) is 13.0. The standard InChI is InChI=1S/C14H26BrNO2/c1-17-14-4-2-3-12(11-14)16-8-5-13(6-9-16)18-10-7-15/h12-14H,2-11H2,1H3. The van der Waals surface area contributed by atoms with E-state index >= 15 is 0 Å². The molecular formula is C14H26BrNO2. The maximum Gasteiger partial charge on any atom is 0.0599 e. The van der Waals surface area contributed by atoms with Gasteiger partial charge in [-0.3, -0.25) is 0 Å². The molecule has 0 spiro atoms. The lowest BCUT2D eigenvalue weighted by Gasteiger charge is -2.40. The van der Waals surface area contributed by atoms with Crippen molar-refractivity contribution in [1.29, 1.82) is 0 Å². The van der Waals surface area contributed by atoms with E-state index in [0.717, 1.165) is 18.0 Å². The third kappa shape index (κ3) is 4.19. The van der Waals surface area contributed by atoms with Gasteiger partial charge in [0.2, 0.25) is 0 Å². The summed E-state index contributed by atoms with van der Waals surface area (Å²) in [5, 5.41) is 0.950. The van der Waals surface area contributed by atoms with Crippen molar-refractivity contribution >= 4 is 15.9 Å². The minimum atomic E-state index is 0.487. The fraction of sp³-hybridized carbons (Fsp3) is 1.00. The number of rotatable bonds is 5. The van der Waals surface area contributed by atoms with Gasteiger partial charge in [0.25, 0.3) is 0 Å². The molecule has 18 heavy (non-hydrogen) atoms. The van der Waals surface area contributed by atoms with Crippen LogP contribution < -0.4 is 0 Å². The molecule has 0 N–H and O–H groups in total. The molecule has 0 aromatic rings. The Morgan fingerprint density at radius 3 is 2.56 bits per heavy atom. The summed E-state index contributed by atoms with van der Waals surface area (Å²) >= 11 is 3.42. The van der Waals surface area contributed by atoms with Crippen LogP contribution in [0.4, 0.5) is 0 Å². The zero-order valence-electron chi connectivity index (χ0n) is 11.4. The first-order valence-electron chi connectivity index (χ1n) is 7.28. The molecule has 1 heterocycles. The van der Waals surface area contributed by atoms with Crippen molar-refractivity contribution in [2.75, 3.05) is 32.1 Å². The van der Waals surface area contributed by atoms with Crippen molar-refractivity contribution in [3.63, 3.8) is 0 Å². The maximum absolute atomic E-state index is 5.81. The first-order chi connectivity index (χ1) is 8.83. The third-order valence-corrected chi connectivity index (χ3v) is 4.68. The molecule has 106 valence electrons. The second-order valence-corrected chi connectivity index (χ2v) is 6.27. The summed E-state index contributed by atoms with van der Waals surface area (Å²) in [6.45, 7) is 3.25. The quantitative estimate of drug-likeness (QED) is 0.727. The van der Waals surface area contributed by atoms with E-state index in [1.807, 2.05) is 7.11 Å². The number of hydrogen-bond donors (Lipinski definition) is 0. The van der Waals surface area contributed by atoms with E-state index in [4.69, 9.17) is 9.47 Å². The Hall–Kier alpha value is 0.360. The van der Waals surface area contributed by atoms with Crippen LogP contribution >= 0.6 is 15.9 Å². The normalized spacial score (nSPS) is 31.7. The molecule has 4 heteroatoms. The highest BCUT2D eigenvalue weighted by Crippen LogP contribution is 2.27. The molecular weight excluding hydrogens is 294 g/mol. The highest BCUT2D eigenvalue weighted by Gasteiger charge is 2.29. The third-order valence-electron chi connectivity index (χ3n) is 4.36. The Morgan fingerprint density at radius 1 is 1.11 bits per heavy atom. The molecule has 2 aliphatic rings. The van der Waals surface area contributed by atoms with Gasteiger partial charge >= 0.3 is 0 Å². The summed E-state index contributed by atoms with van der Waals surface area (Å²) in [5.74, 6) is 0. The molecule has 2 rings (SSSR count). The van der Waals surface area contributed by atoms with Gasteiger partial charge in [-0.2, -0.15) is 0 Å². The molecule has 2 fully saturated rings. The van der Waals surface area contributed by atoms with Crippen LogP contribution in [0.1, 0.15) is 38.5 Å². The molecule has 1 aliphatic carbocycles. The number of methoxy groups -OCH3 is 1. The predicted molar refractivity (Wildman–Crippen MR) is 77.4 cm³/mol. The predicted octanol–water partition coefficient (Wildman–Crippen LogP) is 2.82. The van der Waals surface area contributed by atoms with E-state index in [0.29, 0.717) is 12.2 Å². The van der Waals surface area contributed by atoms with Gasteiger partial charge in [-0.1, -0.05) is 15.9 Å². The average molecular weight is 320 g/mol. The molecule has 0 bridgehead atoms. The average Bonchev–Trinajstić information content (AvgIpc) is 2.46. The molecule has 2 unspecified atom stereocenters. The summed E-state index contributed by atoms with van der Waals surface area (Å²) in [6, 6.07) is 0.751. The van der Waals surface area contributed by atoms with Gasteiger partial charge in [0.1, 0.15) is 0 Å². The van der Waals surface area contributed by atoms with Crippen LogP contribution in [0.3, 0.4) is 0 Å². The lowest BCUT2D eigenvalue weighted by molar-refractivity contribution is -0.0172. The molecule has 1 saturated carbocycles. The fourth-order valence-corrected chi connectivity index (χ4v) is 3.47. The number of nitrogens with zero attached hydrogens (tertiary/aromatic N) is 1. The minimum absolute atomic E-state index is 0.487. The second kappa shape index (κ2) is 7.83. The molecule has 0 aromatic carbocycles. The van der Waals surface area contributed by atoms with Gasteiger partial charge in [0, 0.05) is 31.6 Å². The summed E-state index contributed by atoms with van der Waals surface area (Å²) < 4.78 is 11.3. The SMILES string of the molecule is COC1CCCC(N2CCC(OCCBr)CC2)C1. The lowest BCUT2D eigenvalue weighted by Crippen LogP contribution is -2.46. The summed E-state index contributed by atoms with van der Waals surface area (Å²) in [7, 11) is 1.85. The Morgan fingerprint density at radius 2 is 1.89 bits per heavy atom. The Balaban J connectivity index is 1.72. The Labute approximate surface area is 119 Å². The van der Waals surface area contributed by atoms with Crippen LogP contribution in [-0.2, 0) is 9.47 Å². The van der Waals surface area contributed by atoms with Crippen LogP contribution in [0.25, 0.3) is 0 Å². The summed E-state index contributed by atoms with van der Waals surface area (Å²) in [5.41, 5.74) is 0. The van der Waals surface area contributed by atoms with E-state index in [1.54, 1.807) is 0 Å². The largest absolute Gasteiger partial charge is 0.381 e. The van der Waals surface area contributed by atoms with Crippen molar-refractivity contribution in [2.45, 2.75) is 56.8 Å². The number of likely N-dealkylation sites (tertiary alicyclic amines) is 1. The van der Waals surface area contributed by atoms with E-state index < -0.39 is 0 Å². The number of hydrogen-bond acceptors (Lipinski definition) is 3. The molecule has 0 amide bonds. The molecule has 3 nitrogen and oxygen atoms in total. The van der Waals surface area contributed by atoms with Crippen molar-refractivity contribution in [2.24, 2.45) is 0 Å². The van der Waals surface area contributed by atoms with Crippen LogP contribution in [0.15, 0.2) is 0 Å². The van der Waals surface area contributed by atoms with E-state index in [2.05, 4.69) is 20.8 Å². The fourth-order valence-electron chi connectivity index (χ4n) is 3.28. The maximum atomic E-state index is 5.81. The van der Waals surface area contributed by atoms with Crippen molar-refractivity contribution in [3.05, 3.63) is 0 Å². The zero-order chi connectivity index (χ0) is 12.8. The topological polar surface area (TPSA) is 21.7 Å². The number of alkyl halides is 1. The Bertz CT molecular complexity index is 232. The highest BCUT2D eigenvalue weighted by atomic mass is 79.9. The van der Waals surface area contributed by atoms with E-state index in [-0.39, 0.29) is 0 Å². The first kappa shape index (κ1) is 14.8. The van der Waals surface area contributed by atoms with E-state index in [1.165, 1.54) is 51.6 Å². The Kier molecular flexibility index (Phi) is 6.42. The lowest BCUT2D eigenvalue weighted by atomic mass is 9.90. The van der Waals surface area contributed by atoms with Crippen LogP contribution in [0, 0.1) is 0 Å². The first-order valence-corrected chi connectivity index (χ1v) is 8.40. The van der Waals surface area contributed by atoms with Gasteiger partial charge in [0.15, 0.2) is 0 Å². The summed E-state index contributed by atoms with van der Waals surface area (Å²) in [4.78, 5) is 2.67. The number of ether oxygens (including phenoxy) is 2. The molecule has 1 aliphatic heterocycles.